The van der Waals surface area contributed by atoms with E-state index in [9.17, 15) is 9.90 Å². The Balaban J connectivity index is 0.000000182. The number of hydrogen-bond acceptors (Lipinski definition) is 4. The molecule has 4 aromatic carbocycles. The van der Waals surface area contributed by atoms with Gasteiger partial charge in [0.15, 0.2) is 5.78 Å². The van der Waals surface area contributed by atoms with E-state index in [4.69, 9.17) is 1.37 Å². The molecule has 0 aliphatic heterocycles. The smallest absolute Gasteiger partial charge is 0.162 e. The average molecular weight is 1010 g/mol. The van der Waals surface area contributed by atoms with Crippen molar-refractivity contribution in [3.05, 3.63) is 143 Å². The summed E-state index contributed by atoms with van der Waals surface area (Å²) in [5, 5.41) is 14.5. The van der Waals surface area contributed by atoms with Gasteiger partial charge in [-0.05, 0) is 119 Å². The number of carbonyl (C=O) groups excluding carboxylic acids is 1. The number of allylic oxidation sites excluding steroid dienone is 2. The second-order valence-electron chi connectivity index (χ2n) is 17.7. The van der Waals surface area contributed by atoms with Gasteiger partial charge in [0.1, 0.15) is 0 Å². The molecule has 5 heteroatoms. The zero-order valence-corrected chi connectivity index (χ0v) is 40.9. The van der Waals surface area contributed by atoms with Crippen LogP contribution in [0.1, 0.15) is 151 Å². The number of benzene rings is 4. The molecule has 0 amide bonds. The van der Waals surface area contributed by atoms with Crippen molar-refractivity contribution in [3.8, 4) is 22.5 Å². The van der Waals surface area contributed by atoms with E-state index in [1.165, 1.54) is 96.0 Å². The largest absolute Gasteiger partial charge is 0.512 e. The van der Waals surface area contributed by atoms with Crippen molar-refractivity contribution in [3.63, 3.8) is 0 Å². The summed E-state index contributed by atoms with van der Waals surface area (Å²) < 4.78 is 8.13. The van der Waals surface area contributed by atoms with Crippen molar-refractivity contribution >= 4 is 27.3 Å². The monoisotopic (exact) mass is 1010 g/mol. The van der Waals surface area contributed by atoms with Crippen LogP contribution in [0.4, 0.5) is 0 Å². The topological polar surface area (TPSA) is 63.1 Å². The van der Waals surface area contributed by atoms with E-state index in [-0.39, 0.29) is 43.5 Å². The zero-order chi connectivity index (χ0) is 44.3. The van der Waals surface area contributed by atoms with Gasteiger partial charge in [-0.2, -0.15) is 0 Å². The van der Waals surface area contributed by atoms with Gasteiger partial charge in [-0.1, -0.05) is 117 Å². The Morgan fingerprint density at radius 2 is 1.11 bits per heavy atom. The summed E-state index contributed by atoms with van der Waals surface area (Å²) in [5.74, 6) is 1.99. The van der Waals surface area contributed by atoms with Gasteiger partial charge in [0, 0.05) is 50.4 Å². The van der Waals surface area contributed by atoms with Gasteiger partial charge >= 0.3 is 0 Å². The van der Waals surface area contributed by atoms with Gasteiger partial charge in [0.25, 0.3) is 0 Å². The van der Waals surface area contributed by atoms with Crippen LogP contribution in [-0.4, -0.2) is 20.9 Å². The van der Waals surface area contributed by atoms with Crippen molar-refractivity contribution < 1.29 is 31.4 Å². The normalized spacial score (nSPS) is 14.7. The fourth-order valence-electron chi connectivity index (χ4n) is 9.61. The Morgan fingerprint density at radius 3 is 1.56 bits per heavy atom. The number of aryl methyl sites for hydroxylation is 4. The molecule has 0 bridgehead atoms. The predicted octanol–water partition coefficient (Wildman–Crippen LogP) is 15.8. The number of aromatic nitrogens is 2. The molecular weight excluding hydrogens is 937 g/mol. The van der Waals surface area contributed by atoms with E-state index in [0.29, 0.717) is 12.1 Å². The molecule has 1 N–H and O–H groups in total. The molecule has 1 radical (unpaired) electrons. The number of ketones is 1. The molecule has 2 fully saturated rings. The Bertz CT molecular complexity index is 2450. The second kappa shape index (κ2) is 23.3. The van der Waals surface area contributed by atoms with Gasteiger partial charge in [0.2, 0.25) is 0 Å². The van der Waals surface area contributed by atoms with Crippen molar-refractivity contribution in [2.75, 3.05) is 0 Å². The van der Waals surface area contributed by atoms with E-state index in [1.54, 1.807) is 0 Å². The summed E-state index contributed by atoms with van der Waals surface area (Å²) in [5.41, 5.74) is 11.7. The van der Waals surface area contributed by atoms with E-state index in [0.717, 1.165) is 70.5 Å². The van der Waals surface area contributed by atoms with Crippen LogP contribution in [0.15, 0.2) is 97.0 Å². The molecule has 2 aliphatic rings. The van der Waals surface area contributed by atoms with Crippen LogP contribution in [0.5, 0.6) is 0 Å². The molecule has 0 unspecified atom stereocenters. The van der Waals surface area contributed by atoms with Crippen LogP contribution >= 0.6 is 0 Å². The maximum Gasteiger partial charge on any atom is 0.162 e. The standard InChI is InChI=1S/2C22H22N.C13H24O2.Ir/c2*1-15-11-16(2)13-20(12-15)22-21-8-7-18(17-5-3-4-6-17)14-19(21)9-10-23-22;1-5-10(6-2)12(14)9-13(15)11(7-3)8-4;/h2*7-12,14,17H,3-6H2,1-2H3;9-11,14H,5-8H2,1-4H3;/q2*-1;;/b;;12-9-;/i10D;;;. The quantitative estimate of drug-likeness (QED) is 0.0798. The number of fused-ring (bicyclic) bond motifs is 2. The fraction of sp³-hybridized carbons (Fsp3) is 0.421. The molecule has 2 saturated carbocycles. The molecular formula is C57H68IrN2O2-2. The first-order chi connectivity index (χ1) is 29.9. The summed E-state index contributed by atoms with van der Waals surface area (Å²) in [6.07, 6.45) is 17.9. The Labute approximate surface area is 387 Å². The van der Waals surface area contributed by atoms with Crippen molar-refractivity contribution in [1.82, 2.24) is 9.97 Å². The Hall–Kier alpha value is -4.44. The molecule has 2 aromatic heterocycles. The number of aliphatic hydroxyl groups excluding tert-OH is 1. The number of rotatable bonds is 11. The van der Waals surface area contributed by atoms with Crippen molar-refractivity contribution in [2.24, 2.45) is 11.8 Å². The van der Waals surface area contributed by atoms with Crippen LogP contribution in [0.25, 0.3) is 44.1 Å². The minimum Gasteiger partial charge on any atom is -0.512 e. The average Bonchev–Trinajstić information content (AvgIpc) is 4.00. The molecule has 329 valence electrons. The van der Waals surface area contributed by atoms with Crippen molar-refractivity contribution in [2.45, 2.75) is 144 Å². The number of nitrogens with zero attached hydrogens (tertiary/aromatic N) is 2. The Kier molecular flexibility index (Phi) is 17.7. The predicted molar refractivity (Wildman–Crippen MR) is 257 cm³/mol. The van der Waals surface area contributed by atoms with Gasteiger partial charge in [-0.15, -0.1) is 69.8 Å². The van der Waals surface area contributed by atoms with Gasteiger partial charge in [0.05, 0.1) is 7.13 Å². The van der Waals surface area contributed by atoms with Gasteiger partial charge < -0.3 is 15.1 Å². The maximum atomic E-state index is 11.7. The molecule has 0 spiro atoms. The first-order valence-electron chi connectivity index (χ1n) is 23.7. The second-order valence-corrected chi connectivity index (χ2v) is 17.7. The third-order valence-corrected chi connectivity index (χ3v) is 13.1. The first-order valence-corrected chi connectivity index (χ1v) is 23.2. The molecule has 2 heterocycles. The van der Waals surface area contributed by atoms with Crippen molar-refractivity contribution in [1.29, 1.82) is 0 Å². The van der Waals surface area contributed by atoms with Gasteiger partial charge in [-0.25, -0.2) is 0 Å². The van der Waals surface area contributed by atoms with E-state index < -0.39 is 0 Å². The van der Waals surface area contributed by atoms with Gasteiger partial charge in [-0.3, -0.25) is 4.79 Å². The van der Waals surface area contributed by atoms with Crippen LogP contribution in [0, 0.1) is 51.7 Å². The number of hydrogen-bond donors (Lipinski definition) is 1. The van der Waals surface area contributed by atoms with E-state index in [2.05, 4.69) is 117 Å². The summed E-state index contributed by atoms with van der Waals surface area (Å²) in [7, 11) is 0. The van der Waals surface area contributed by atoms with Crippen LogP contribution in [0.2, 0.25) is 0 Å². The molecule has 4 nitrogen and oxygen atoms in total. The molecule has 8 rings (SSSR count). The summed E-state index contributed by atoms with van der Waals surface area (Å²) in [6.45, 7) is 16.5. The van der Waals surface area contributed by atoms with E-state index in [1.807, 2.05) is 40.0 Å². The maximum absolute atomic E-state index is 11.7. The summed E-state index contributed by atoms with van der Waals surface area (Å²) in [6, 6.07) is 33.1. The van der Waals surface area contributed by atoms with Crippen LogP contribution in [-0.2, 0) is 24.9 Å². The molecule has 2 aliphatic carbocycles. The third kappa shape index (κ3) is 12.4. The number of aliphatic hydroxyl groups is 1. The SMILES string of the molecule is CCC(CC)C(=O)/C=C(\O)C(CC)CC.Cc1[c-]c(-c2nccc3cc(C4CCCC4)ccc23)cc(C)c1.[2H]c1cc2cc(C3CCCC3)ccc2c(-c2[c-]c(C)cc(C)c2)n1.[Ir]. The minimum atomic E-state index is 0. The molecule has 0 atom stereocenters. The summed E-state index contributed by atoms with van der Waals surface area (Å²) in [4.78, 5) is 20.9. The van der Waals surface area contributed by atoms with E-state index >= 15 is 0 Å². The summed E-state index contributed by atoms with van der Waals surface area (Å²) >= 11 is 0. The third-order valence-electron chi connectivity index (χ3n) is 13.1. The molecule has 6 aromatic rings. The molecule has 0 saturated heterocycles. The van der Waals surface area contributed by atoms with Crippen LogP contribution in [0.3, 0.4) is 0 Å². The minimum absolute atomic E-state index is 0. The number of pyridine rings is 2. The fourth-order valence-corrected chi connectivity index (χ4v) is 9.61. The van der Waals surface area contributed by atoms with Crippen LogP contribution < -0.4 is 0 Å². The Morgan fingerprint density at radius 1 is 0.661 bits per heavy atom. The molecule has 62 heavy (non-hydrogen) atoms. The zero-order valence-electron chi connectivity index (χ0n) is 39.5. The number of carbonyl (C=O) groups is 1. The first kappa shape index (κ1) is 47.0.